The topological polar surface area (TPSA) is 95.9 Å². The van der Waals surface area contributed by atoms with Gasteiger partial charge in [0.15, 0.2) is 0 Å². The number of amides is 1. The Hall–Kier alpha value is -1.66. The summed E-state index contributed by atoms with van der Waals surface area (Å²) in [5.74, 6) is -0.464. The molecule has 0 radical (unpaired) electrons. The second-order valence-electron chi connectivity index (χ2n) is 19.7. The van der Waals surface area contributed by atoms with Gasteiger partial charge in [0.25, 0.3) is 0 Å². The van der Waals surface area contributed by atoms with Crippen LogP contribution in [-0.2, 0) is 14.3 Å². The molecule has 6 nitrogen and oxygen atoms in total. The highest BCUT2D eigenvalue weighted by atomic mass is 16.5. The van der Waals surface area contributed by atoms with Crippen LogP contribution in [0.25, 0.3) is 0 Å². The van der Waals surface area contributed by atoms with E-state index in [0.717, 1.165) is 64.2 Å². The number of unbranched alkanes of at least 4 members (excludes halogenated alkanes) is 36. The lowest BCUT2D eigenvalue weighted by Crippen LogP contribution is -2.46. The van der Waals surface area contributed by atoms with E-state index in [9.17, 15) is 19.8 Å². The minimum absolute atomic E-state index is 0.0805. The first kappa shape index (κ1) is 62.3. The molecule has 6 heteroatoms. The third kappa shape index (κ3) is 46.9. The molecule has 0 aliphatic rings. The van der Waals surface area contributed by atoms with E-state index in [-0.39, 0.29) is 24.9 Å². The fraction of sp³-hybridized carbons (Fsp3) is 0.897. The first-order chi connectivity index (χ1) is 31.5. The predicted molar refractivity (Wildman–Crippen MR) is 278 cm³/mol. The van der Waals surface area contributed by atoms with E-state index in [2.05, 4.69) is 50.4 Å². The maximum Gasteiger partial charge on any atom is 0.306 e. The zero-order valence-electron chi connectivity index (χ0n) is 43.2. The molecule has 0 heterocycles. The molecule has 0 aromatic carbocycles. The van der Waals surface area contributed by atoms with Gasteiger partial charge in [-0.15, -0.1) is 0 Å². The van der Waals surface area contributed by atoms with E-state index < -0.39 is 18.2 Å². The van der Waals surface area contributed by atoms with Gasteiger partial charge in [0.1, 0.15) is 6.10 Å². The van der Waals surface area contributed by atoms with Crippen LogP contribution >= 0.6 is 0 Å². The van der Waals surface area contributed by atoms with Crippen molar-refractivity contribution in [3.05, 3.63) is 24.3 Å². The summed E-state index contributed by atoms with van der Waals surface area (Å²) < 4.78 is 5.95. The normalized spacial score (nSPS) is 13.3. The van der Waals surface area contributed by atoms with Crippen LogP contribution in [0.2, 0.25) is 0 Å². The quantitative estimate of drug-likeness (QED) is 0.0321. The largest absolute Gasteiger partial charge is 0.462 e. The van der Waals surface area contributed by atoms with Crippen molar-refractivity contribution in [2.45, 2.75) is 328 Å². The molecule has 0 spiro atoms. The van der Waals surface area contributed by atoms with Crippen molar-refractivity contribution >= 4 is 11.9 Å². The Balaban J connectivity index is 4.48. The molecule has 3 atom stereocenters. The van der Waals surface area contributed by atoms with Gasteiger partial charge in [-0.1, -0.05) is 270 Å². The maximum atomic E-state index is 13.3. The number of allylic oxidation sites excluding steroid dienone is 4. The van der Waals surface area contributed by atoms with Gasteiger partial charge in [0, 0.05) is 6.42 Å². The van der Waals surface area contributed by atoms with Crippen molar-refractivity contribution in [1.29, 1.82) is 0 Å². The number of nitrogens with one attached hydrogen (secondary N) is 1. The van der Waals surface area contributed by atoms with Crippen molar-refractivity contribution in [1.82, 2.24) is 5.32 Å². The molecule has 0 aliphatic heterocycles. The van der Waals surface area contributed by atoms with Gasteiger partial charge in [-0.2, -0.15) is 0 Å². The van der Waals surface area contributed by atoms with Gasteiger partial charge in [0.2, 0.25) is 5.91 Å². The molecule has 0 fully saturated rings. The van der Waals surface area contributed by atoms with E-state index in [1.165, 1.54) is 199 Å². The summed E-state index contributed by atoms with van der Waals surface area (Å²) in [4.78, 5) is 26.2. The molecule has 0 aliphatic carbocycles. The summed E-state index contributed by atoms with van der Waals surface area (Å²) in [6.45, 7) is 6.42. The third-order valence-electron chi connectivity index (χ3n) is 13.3. The van der Waals surface area contributed by atoms with Crippen molar-refractivity contribution < 1.29 is 24.5 Å². The summed E-state index contributed by atoms with van der Waals surface area (Å²) in [5.41, 5.74) is 0. The van der Waals surface area contributed by atoms with Gasteiger partial charge in [0.05, 0.1) is 25.2 Å². The minimum atomic E-state index is -0.785. The molecule has 0 aromatic rings. The lowest BCUT2D eigenvalue weighted by Gasteiger charge is -2.24. The first-order valence-electron chi connectivity index (χ1n) is 28.6. The van der Waals surface area contributed by atoms with Crippen LogP contribution < -0.4 is 5.32 Å². The fourth-order valence-corrected chi connectivity index (χ4v) is 9.00. The second kappa shape index (κ2) is 52.3. The predicted octanol–water partition coefficient (Wildman–Crippen LogP) is 17.5. The van der Waals surface area contributed by atoms with Gasteiger partial charge in [-0.25, -0.2) is 0 Å². The highest BCUT2D eigenvalue weighted by Crippen LogP contribution is 2.19. The zero-order valence-corrected chi connectivity index (χ0v) is 43.2. The second-order valence-corrected chi connectivity index (χ2v) is 19.7. The SMILES string of the molecule is CC/C=C/C/C=C/CCCCCCCCCC(=O)OC(CCCCCCCCCCCCCCCC)CC(=O)NC(CO)C(O)CCCCCCCCCCCCCCCCCCC. The lowest BCUT2D eigenvalue weighted by atomic mass is 10.0. The molecule has 3 N–H and O–H groups in total. The summed E-state index contributed by atoms with van der Waals surface area (Å²) in [7, 11) is 0. The average molecular weight is 903 g/mol. The maximum absolute atomic E-state index is 13.3. The molecule has 0 aromatic heterocycles. The molecule has 64 heavy (non-hydrogen) atoms. The molecular formula is C58H111NO5. The molecular weight excluding hydrogens is 791 g/mol. The minimum Gasteiger partial charge on any atom is -0.462 e. The highest BCUT2D eigenvalue weighted by molar-refractivity contribution is 5.77. The van der Waals surface area contributed by atoms with Crippen LogP contribution in [0.4, 0.5) is 0 Å². The molecule has 0 bridgehead atoms. The van der Waals surface area contributed by atoms with E-state index >= 15 is 0 Å². The Kier molecular flexibility index (Phi) is 51.0. The molecule has 0 rings (SSSR count). The van der Waals surface area contributed by atoms with E-state index in [0.29, 0.717) is 19.3 Å². The van der Waals surface area contributed by atoms with Gasteiger partial charge in [-0.3, -0.25) is 9.59 Å². The monoisotopic (exact) mass is 902 g/mol. The number of rotatable bonds is 52. The van der Waals surface area contributed by atoms with E-state index in [1.807, 2.05) is 0 Å². The Labute approximate surface area is 399 Å². The van der Waals surface area contributed by atoms with Crippen LogP contribution in [-0.4, -0.2) is 46.9 Å². The smallest absolute Gasteiger partial charge is 0.306 e. The molecule has 378 valence electrons. The number of carbonyl (C=O) groups excluding carboxylic acids is 2. The van der Waals surface area contributed by atoms with Crippen LogP contribution in [0, 0.1) is 0 Å². The Morgan fingerprint density at radius 3 is 1.27 bits per heavy atom. The Bertz CT molecular complexity index is 1010. The van der Waals surface area contributed by atoms with Gasteiger partial charge < -0.3 is 20.3 Å². The number of carbonyl (C=O) groups is 2. The van der Waals surface area contributed by atoms with Crippen molar-refractivity contribution in [3.8, 4) is 0 Å². The lowest BCUT2D eigenvalue weighted by molar-refractivity contribution is -0.151. The molecule has 0 saturated heterocycles. The van der Waals surface area contributed by atoms with Crippen molar-refractivity contribution in [2.24, 2.45) is 0 Å². The fourth-order valence-electron chi connectivity index (χ4n) is 9.00. The van der Waals surface area contributed by atoms with Gasteiger partial charge >= 0.3 is 5.97 Å². The summed E-state index contributed by atoms with van der Waals surface area (Å²) in [6.07, 6.45) is 61.0. The number of hydrogen-bond acceptors (Lipinski definition) is 5. The molecule has 3 unspecified atom stereocenters. The van der Waals surface area contributed by atoms with Crippen LogP contribution in [0.15, 0.2) is 24.3 Å². The Morgan fingerprint density at radius 1 is 0.469 bits per heavy atom. The Morgan fingerprint density at radius 2 is 0.844 bits per heavy atom. The zero-order chi connectivity index (χ0) is 46.7. The van der Waals surface area contributed by atoms with Gasteiger partial charge in [-0.05, 0) is 51.4 Å². The summed E-state index contributed by atoms with van der Waals surface area (Å²) >= 11 is 0. The van der Waals surface area contributed by atoms with E-state index in [1.54, 1.807) is 0 Å². The van der Waals surface area contributed by atoms with Crippen molar-refractivity contribution in [3.63, 3.8) is 0 Å². The number of aliphatic hydroxyl groups excluding tert-OH is 2. The third-order valence-corrected chi connectivity index (χ3v) is 13.3. The number of hydrogen-bond donors (Lipinski definition) is 3. The molecule has 0 saturated carbocycles. The summed E-state index contributed by atoms with van der Waals surface area (Å²) in [5, 5.41) is 23.9. The van der Waals surface area contributed by atoms with Crippen LogP contribution in [0.5, 0.6) is 0 Å². The number of esters is 1. The number of ether oxygens (including phenoxy) is 1. The highest BCUT2D eigenvalue weighted by Gasteiger charge is 2.24. The van der Waals surface area contributed by atoms with E-state index in [4.69, 9.17) is 4.74 Å². The average Bonchev–Trinajstić information content (AvgIpc) is 3.29. The number of aliphatic hydroxyl groups is 2. The first-order valence-corrected chi connectivity index (χ1v) is 28.6. The van der Waals surface area contributed by atoms with Crippen LogP contribution in [0.3, 0.4) is 0 Å². The summed E-state index contributed by atoms with van der Waals surface area (Å²) in [6, 6.07) is -0.699. The standard InChI is InChI=1S/C58H111NO5/c1-4-7-10-13-16-19-22-25-28-29-30-32-35-38-41-44-47-50-56(61)55(53-60)59-57(62)52-54(49-46-43-40-37-34-31-26-23-20-17-14-11-8-5-2)64-58(63)51-48-45-42-39-36-33-27-24-21-18-15-12-9-6-3/h9,12,18,21,54-56,60-61H,4-8,10-11,13-17,19-20,22-53H2,1-3H3,(H,59,62)/b12-9+,21-18+. The van der Waals surface area contributed by atoms with Crippen molar-refractivity contribution in [2.75, 3.05) is 6.61 Å². The molecule has 1 amide bonds. The van der Waals surface area contributed by atoms with Crippen LogP contribution in [0.1, 0.15) is 310 Å².